The molecule has 0 aromatic heterocycles. The smallest absolute Gasteiger partial charge is 0.164 e. The summed E-state index contributed by atoms with van der Waals surface area (Å²) >= 11 is 0. The predicted octanol–water partition coefficient (Wildman–Crippen LogP) is 2.80. The average molecular weight is 305 g/mol. The molecule has 1 aromatic rings. The summed E-state index contributed by atoms with van der Waals surface area (Å²) in [5.74, 6) is 2.45. The van der Waals surface area contributed by atoms with Crippen molar-refractivity contribution >= 4 is 0 Å². The average Bonchev–Trinajstić information content (AvgIpc) is 2.58. The van der Waals surface area contributed by atoms with Gasteiger partial charge < -0.3 is 19.5 Å². The van der Waals surface area contributed by atoms with Crippen LogP contribution in [0.15, 0.2) is 18.2 Å². The second kappa shape index (κ2) is 7.84. The van der Waals surface area contributed by atoms with Crippen LogP contribution >= 0.6 is 0 Å². The summed E-state index contributed by atoms with van der Waals surface area (Å²) in [5, 5.41) is 3.49. The lowest BCUT2D eigenvalue weighted by molar-refractivity contribution is 0.00594. The first-order chi connectivity index (χ1) is 10.9. The minimum absolute atomic E-state index is 0.147. The van der Waals surface area contributed by atoms with Crippen LogP contribution in [-0.4, -0.2) is 39.5 Å². The van der Waals surface area contributed by atoms with E-state index in [2.05, 4.69) is 17.4 Å². The Labute approximate surface area is 133 Å². The summed E-state index contributed by atoms with van der Waals surface area (Å²) in [4.78, 5) is 0. The van der Waals surface area contributed by atoms with Crippen molar-refractivity contribution in [3.63, 3.8) is 0 Å². The quantitative estimate of drug-likeness (QED) is 0.908. The number of rotatable bonds is 5. The monoisotopic (exact) mass is 305 g/mol. The lowest BCUT2D eigenvalue weighted by Crippen LogP contribution is -2.31. The number of piperidine rings is 1. The third kappa shape index (κ3) is 3.93. The van der Waals surface area contributed by atoms with Gasteiger partial charge in [0.15, 0.2) is 11.5 Å². The molecule has 0 saturated carbocycles. The third-order valence-corrected chi connectivity index (χ3v) is 4.59. The fourth-order valence-electron chi connectivity index (χ4n) is 3.40. The van der Waals surface area contributed by atoms with E-state index in [9.17, 15) is 0 Å². The van der Waals surface area contributed by atoms with Crippen LogP contribution in [0.5, 0.6) is 11.5 Å². The fraction of sp³-hybridized carbons (Fsp3) is 0.667. The van der Waals surface area contributed by atoms with Gasteiger partial charge in [-0.2, -0.15) is 0 Å². The van der Waals surface area contributed by atoms with E-state index in [1.54, 1.807) is 7.11 Å². The van der Waals surface area contributed by atoms with Crippen LogP contribution in [0.4, 0.5) is 0 Å². The molecule has 2 aliphatic rings. The Balaban J connectivity index is 1.75. The molecule has 1 aromatic carbocycles. The lowest BCUT2D eigenvalue weighted by atomic mass is 9.92. The maximum absolute atomic E-state index is 6.28. The normalized spacial score (nSPS) is 25.7. The molecule has 0 amide bonds. The number of nitrogens with one attached hydrogen (secondary N) is 1. The van der Waals surface area contributed by atoms with Crippen molar-refractivity contribution in [1.29, 1.82) is 0 Å². The summed E-state index contributed by atoms with van der Waals surface area (Å²) in [6.07, 6.45) is 5.88. The van der Waals surface area contributed by atoms with Crippen LogP contribution in [0, 0.1) is 5.92 Å². The molecule has 2 atom stereocenters. The van der Waals surface area contributed by atoms with Gasteiger partial charge in [-0.05, 0) is 62.7 Å². The maximum atomic E-state index is 6.28. The molecular weight excluding hydrogens is 278 g/mol. The van der Waals surface area contributed by atoms with Crippen LogP contribution < -0.4 is 14.8 Å². The van der Waals surface area contributed by atoms with Crippen molar-refractivity contribution in [3.05, 3.63) is 23.8 Å². The van der Waals surface area contributed by atoms with Gasteiger partial charge in [-0.15, -0.1) is 0 Å². The fourth-order valence-corrected chi connectivity index (χ4v) is 3.40. The number of para-hydroxylation sites is 1. The van der Waals surface area contributed by atoms with Gasteiger partial charge >= 0.3 is 0 Å². The molecular formula is C18H27NO3. The molecule has 0 spiro atoms. The van der Waals surface area contributed by atoms with E-state index >= 15 is 0 Å². The van der Waals surface area contributed by atoms with Gasteiger partial charge in [-0.1, -0.05) is 12.1 Å². The van der Waals surface area contributed by atoms with E-state index in [0.717, 1.165) is 50.5 Å². The van der Waals surface area contributed by atoms with E-state index in [4.69, 9.17) is 14.2 Å². The molecule has 1 N–H and O–H groups in total. The van der Waals surface area contributed by atoms with E-state index in [1.165, 1.54) is 18.4 Å². The topological polar surface area (TPSA) is 39.7 Å². The molecule has 122 valence electrons. The first-order valence-corrected chi connectivity index (χ1v) is 8.48. The minimum Gasteiger partial charge on any atom is -0.493 e. The molecule has 2 fully saturated rings. The predicted molar refractivity (Wildman–Crippen MR) is 86.8 cm³/mol. The van der Waals surface area contributed by atoms with Crippen LogP contribution in [0.3, 0.4) is 0 Å². The number of ether oxygens (including phenoxy) is 3. The molecule has 3 rings (SSSR count). The number of hydrogen-bond acceptors (Lipinski definition) is 4. The standard InChI is InChI=1S/C18H27NO3/c1-20-17-8-2-6-15(11-14-5-3-9-19-12-14)18(17)22-16-7-4-10-21-13-16/h2,6,8,14,16,19H,3-5,7,9-13H2,1H3. The van der Waals surface area contributed by atoms with Gasteiger partial charge in [0.2, 0.25) is 0 Å². The van der Waals surface area contributed by atoms with E-state index in [0.29, 0.717) is 12.5 Å². The first kappa shape index (κ1) is 15.6. The van der Waals surface area contributed by atoms with Crippen molar-refractivity contribution in [2.45, 2.75) is 38.2 Å². The van der Waals surface area contributed by atoms with Crippen molar-refractivity contribution < 1.29 is 14.2 Å². The SMILES string of the molecule is COc1cccc(CC2CCCNC2)c1OC1CCCOC1. The van der Waals surface area contributed by atoms with Crippen molar-refractivity contribution in [2.24, 2.45) is 5.92 Å². The summed E-state index contributed by atoms with van der Waals surface area (Å²) in [6.45, 7) is 3.79. The van der Waals surface area contributed by atoms with Gasteiger partial charge in [-0.25, -0.2) is 0 Å². The highest BCUT2D eigenvalue weighted by Gasteiger charge is 2.22. The molecule has 0 bridgehead atoms. The summed E-state index contributed by atoms with van der Waals surface area (Å²) in [7, 11) is 1.71. The molecule has 2 unspecified atom stereocenters. The Kier molecular flexibility index (Phi) is 5.57. The maximum Gasteiger partial charge on any atom is 0.164 e. The van der Waals surface area contributed by atoms with Crippen LogP contribution in [-0.2, 0) is 11.2 Å². The number of benzene rings is 1. The van der Waals surface area contributed by atoms with E-state index in [1.807, 2.05) is 6.07 Å². The Hall–Kier alpha value is -1.26. The zero-order valence-electron chi connectivity index (χ0n) is 13.5. The van der Waals surface area contributed by atoms with Crippen LogP contribution in [0.1, 0.15) is 31.2 Å². The Bertz CT molecular complexity index is 465. The van der Waals surface area contributed by atoms with Crippen LogP contribution in [0.2, 0.25) is 0 Å². The third-order valence-electron chi connectivity index (χ3n) is 4.59. The Morgan fingerprint density at radius 1 is 1.27 bits per heavy atom. The molecule has 4 heteroatoms. The van der Waals surface area contributed by atoms with E-state index < -0.39 is 0 Å². The second-order valence-corrected chi connectivity index (χ2v) is 6.32. The highest BCUT2D eigenvalue weighted by molar-refractivity contribution is 5.47. The number of methoxy groups -OCH3 is 1. The molecule has 2 aliphatic heterocycles. The van der Waals surface area contributed by atoms with Crippen LogP contribution in [0.25, 0.3) is 0 Å². The highest BCUT2D eigenvalue weighted by Crippen LogP contribution is 2.35. The van der Waals surface area contributed by atoms with Crippen molar-refractivity contribution in [3.8, 4) is 11.5 Å². The zero-order valence-corrected chi connectivity index (χ0v) is 13.5. The zero-order chi connectivity index (χ0) is 15.2. The molecule has 0 aliphatic carbocycles. The van der Waals surface area contributed by atoms with Gasteiger partial charge in [0.05, 0.1) is 13.7 Å². The summed E-state index contributed by atoms with van der Waals surface area (Å²) in [5.41, 5.74) is 1.26. The van der Waals surface area contributed by atoms with Crippen molar-refractivity contribution in [1.82, 2.24) is 5.32 Å². The molecule has 0 radical (unpaired) electrons. The largest absolute Gasteiger partial charge is 0.493 e. The van der Waals surface area contributed by atoms with E-state index in [-0.39, 0.29) is 6.10 Å². The highest BCUT2D eigenvalue weighted by atomic mass is 16.5. The summed E-state index contributed by atoms with van der Waals surface area (Å²) in [6, 6.07) is 6.23. The summed E-state index contributed by atoms with van der Waals surface area (Å²) < 4.78 is 17.4. The Morgan fingerprint density at radius 2 is 2.23 bits per heavy atom. The minimum atomic E-state index is 0.147. The van der Waals surface area contributed by atoms with Gasteiger partial charge in [-0.3, -0.25) is 0 Å². The van der Waals surface area contributed by atoms with Gasteiger partial charge in [0.25, 0.3) is 0 Å². The second-order valence-electron chi connectivity index (χ2n) is 6.32. The number of hydrogen-bond donors (Lipinski definition) is 1. The first-order valence-electron chi connectivity index (χ1n) is 8.48. The molecule has 2 heterocycles. The Morgan fingerprint density at radius 3 is 2.95 bits per heavy atom. The van der Waals surface area contributed by atoms with Crippen molar-refractivity contribution in [2.75, 3.05) is 33.4 Å². The molecule has 4 nitrogen and oxygen atoms in total. The molecule has 22 heavy (non-hydrogen) atoms. The lowest BCUT2D eigenvalue weighted by Gasteiger charge is -2.27. The van der Waals surface area contributed by atoms with Gasteiger partial charge in [0.1, 0.15) is 6.10 Å². The van der Waals surface area contributed by atoms with Gasteiger partial charge in [0, 0.05) is 6.61 Å². The molecule has 2 saturated heterocycles.